The van der Waals surface area contributed by atoms with Gasteiger partial charge in [-0.2, -0.15) is 5.26 Å². The van der Waals surface area contributed by atoms with Crippen molar-refractivity contribution in [1.82, 2.24) is 14.7 Å². The molecule has 1 atom stereocenters. The maximum atomic E-state index is 8.89. The molecule has 0 saturated carbocycles. The number of benzene rings is 1. The first kappa shape index (κ1) is 20.9. The van der Waals surface area contributed by atoms with Gasteiger partial charge >= 0.3 is 0 Å². The van der Waals surface area contributed by atoms with Crippen molar-refractivity contribution < 1.29 is 0 Å². The monoisotopic (exact) mass is 356 g/mol. The standard InChI is InChI=1S/C20H30N4.C2H6/c1-3-19-16-22(2)12-13-24(19)20-8-10-23(11-9-20)15-18-6-4-17(14-21)5-7-18;1-2/h4-7,19-20H,3,8-13,15-16H2,1-2H3;1-2H3. The zero-order chi connectivity index (χ0) is 18.9. The minimum absolute atomic E-state index is 0.735. The number of nitrogens with zero attached hydrogens (tertiary/aromatic N) is 4. The highest BCUT2D eigenvalue weighted by Crippen LogP contribution is 2.23. The van der Waals surface area contributed by atoms with Gasteiger partial charge in [-0.05, 0) is 57.1 Å². The summed E-state index contributed by atoms with van der Waals surface area (Å²) in [6.45, 7) is 13.4. The van der Waals surface area contributed by atoms with Crippen LogP contribution in [0.4, 0.5) is 0 Å². The number of hydrogen-bond acceptors (Lipinski definition) is 4. The molecule has 2 fully saturated rings. The van der Waals surface area contributed by atoms with Crippen LogP contribution >= 0.6 is 0 Å². The van der Waals surface area contributed by atoms with E-state index in [0.717, 1.165) is 24.2 Å². The molecule has 1 unspecified atom stereocenters. The third-order valence-corrected chi connectivity index (χ3v) is 5.72. The molecule has 2 saturated heterocycles. The average molecular weight is 357 g/mol. The number of likely N-dealkylation sites (tertiary alicyclic amines) is 1. The smallest absolute Gasteiger partial charge is 0.0991 e. The van der Waals surface area contributed by atoms with E-state index in [0.29, 0.717) is 0 Å². The molecular weight excluding hydrogens is 320 g/mol. The van der Waals surface area contributed by atoms with Crippen LogP contribution in [0.1, 0.15) is 51.2 Å². The molecule has 4 nitrogen and oxygen atoms in total. The Balaban J connectivity index is 0.00000117. The molecule has 2 heterocycles. The molecule has 144 valence electrons. The van der Waals surface area contributed by atoms with E-state index in [4.69, 9.17) is 5.26 Å². The summed E-state index contributed by atoms with van der Waals surface area (Å²) in [5.74, 6) is 0. The Labute approximate surface area is 160 Å². The van der Waals surface area contributed by atoms with E-state index in [9.17, 15) is 0 Å². The van der Waals surface area contributed by atoms with Crippen molar-refractivity contribution in [1.29, 1.82) is 5.26 Å². The summed E-state index contributed by atoms with van der Waals surface area (Å²) >= 11 is 0. The van der Waals surface area contributed by atoms with E-state index in [1.165, 1.54) is 57.5 Å². The third-order valence-electron chi connectivity index (χ3n) is 5.72. The second kappa shape index (κ2) is 10.7. The van der Waals surface area contributed by atoms with Crippen LogP contribution in [0.15, 0.2) is 24.3 Å². The van der Waals surface area contributed by atoms with E-state index in [-0.39, 0.29) is 0 Å². The van der Waals surface area contributed by atoms with E-state index in [2.05, 4.69) is 46.9 Å². The normalized spacial score (nSPS) is 23.1. The third kappa shape index (κ3) is 5.54. The predicted molar refractivity (Wildman–Crippen MR) is 109 cm³/mol. The zero-order valence-corrected chi connectivity index (χ0v) is 17.1. The Morgan fingerprint density at radius 3 is 2.27 bits per heavy atom. The topological polar surface area (TPSA) is 33.5 Å². The van der Waals surface area contributed by atoms with Crippen LogP contribution in [-0.4, -0.2) is 66.6 Å². The maximum absolute atomic E-state index is 8.89. The van der Waals surface area contributed by atoms with Crippen LogP contribution in [-0.2, 0) is 6.54 Å². The van der Waals surface area contributed by atoms with Gasteiger partial charge in [-0.25, -0.2) is 0 Å². The van der Waals surface area contributed by atoms with Gasteiger partial charge in [-0.1, -0.05) is 32.9 Å². The SMILES string of the molecule is CC.CCC1CN(C)CCN1C1CCN(Cc2ccc(C#N)cc2)CC1. The molecule has 0 spiro atoms. The maximum Gasteiger partial charge on any atom is 0.0991 e. The molecule has 0 aromatic heterocycles. The van der Waals surface area contributed by atoms with E-state index in [1.807, 2.05) is 26.0 Å². The van der Waals surface area contributed by atoms with Crippen molar-refractivity contribution in [3.63, 3.8) is 0 Å². The van der Waals surface area contributed by atoms with Gasteiger partial charge in [0.2, 0.25) is 0 Å². The van der Waals surface area contributed by atoms with Gasteiger partial charge in [0.1, 0.15) is 0 Å². The molecule has 0 bridgehead atoms. The number of hydrogen-bond donors (Lipinski definition) is 0. The lowest BCUT2D eigenvalue weighted by molar-refractivity contribution is 0.0204. The number of piperidine rings is 1. The van der Waals surface area contributed by atoms with Gasteiger partial charge in [0.05, 0.1) is 11.6 Å². The van der Waals surface area contributed by atoms with Gasteiger partial charge in [0.25, 0.3) is 0 Å². The molecule has 0 amide bonds. The number of nitriles is 1. The van der Waals surface area contributed by atoms with Crippen LogP contribution < -0.4 is 0 Å². The number of piperazine rings is 1. The molecule has 2 aliphatic heterocycles. The van der Waals surface area contributed by atoms with E-state index in [1.54, 1.807) is 0 Å². The van der Waals surface area contributed by atoms with Gasteiger partial charge in [-0.15, -0.1) is 0 Å². The summed E-state index contributed by atoms with van der Waals surface area (Å²) < 4.78 is 0. The highest BCUT2D eigenvalue weighted by molar-refractivity contribution is 5.31. The zero-order valence-electron chi connectivity index (χ0n) is 17.1. The van der Waals surface area contributed by atoms with Crippen molar-refractivity contribution in [3.05, 3.63) is 35.4 Å². The Morgan fingerprint density at radius 1 is 1.04 bits per heavy atom. The van der Waals surface area contributed by atoms with Crippen LogP contribution in [0.3, 0.4) is 0 Å². The fourth-order valence-electron chi connectivity index (χ4n) is 4.22. The first-order chi connectivity index (χ1) is 12.7. The van der Waals surface area contributed by atoms with E-state index < -0.39 is 0 Å². The number of rotatable bonds is 4. The minimum Gasteiger partial charge on any atom is -0.304 e. The van der Waals surface area contributed by atoms with Crippen LogP contribution in [0, 0.1) is 11.3 Å². The van der Waals surface area contributed by atoms with Crippen LogP contribution in [0.5, 0.6) is 0 Å². The van der Waals surface area contributed by atoms with Crippen LogP contribution in [0.2, 0.25) is 0 Å². The summed E-state index contributed by atoms with van der Waals surface area (Å²) in [5, 5.41) is 8.89. The molecule has 1 aromatic carbocycles. The Hall–Kier alpha value is -1.41. The van der Waals surface area contributed by atoms with Gasteiger partial charge in [-0.3, -0.25) is 9.80 Å². The Morgan fingerprint density at radius 2 is 1.69 bits per heavy atom. The summed E-state index contributed by atoms with van der Waals surface area (Å²) in [7, 11) is 2.25. The largest absolute Gasteiger partial charge is 0.304 e. The second-order valence-electron chi connectivity index (χ2n) is 7.38. The molecule has 3 rings (SSSR count). The highest BCUT2D eigenvalue weighted by Gasteiger charge is 2.31. The van der Waals surface area contributed by atoms with Gasteiger partial charge in [0.15, 0.2) is 0 Å². The molecule has 0 aliphatic carbocycles. The lowest BCUT2D eigenvalue weighted by Crippen LogP contribution is -2.57. The molecule has 2 aliphatic rings. The van der Waals surface area contributed by atoms with Crippen molar-refractivity contribution >= 4 is 0 Å². The molecule has 0 radical (unpaired) electrons. The quantitative estimate of drug-likeness (QED) is 0.826. The summed E-state index contributed by atoms with van der Waals surface area (Å²) in [5.41, 5.74) is 2.07. The van der Waals surface area contributed by atoms with Crippen molar-refractivity contribution in [2.75, 3.05) is 39.8 Å². The minimum atomic E-state index is 0.735. The first-order valence-electron chi connectivity index (χ1n) is 10.3. The van der Waals surface area contributed by atoms with Crippen molar-refractivity contribution in [2.24, 2.45) is 0 Å². The number of likely N-dealkylation sites (N-methyl/N-ethyl adjacent to an activating group) is 1. The van der Waals surface area contributed by atoms with Gasteiger partial charge in [0, 0.05) is 38.3 Å². The summed E-state index contributed by atoms with van der Waals surface area (Å²) in [6, 6.07) is 11.7. The predicted octanol–water partition coefficient (Wildman–Crippen LogP) is 3.57. The highest BCUT2D eigenvalue weighted by atomic mass is 15.3. The van der Waals surface area contributed by atoms with Gasteiger partial charge < -0.3 is 4.90 Å². The van der Waals surface area contributed by atoms with Crippen molar-refractivity contribution in [3.8, 4) is 6.07 Å². The lowest BCUT2D eigenvalue weighted by Gasteiger charge is -2.46. The second-order valence-corrected chi connectivity index (χ2v) is 7.38. The fraction of sp³-hybridized carbons (Fsp3) is 0.682. The summed E-state index contributed by atoms with van der Waals surface area (Å²) in [4.78, 5) is 7.83. The summed E-state index contributed by atoms with van der Waals surface area (Å²) in [6.07, 6.45) is 3.84. The average Bonchev–Trinajstić information content (AvgIpc) is 2.71. The van der Waals surface area contributed by atoms with Crippen molar-refractivity contribution in [2.45, 2.75) is 58.7 Å². The first-order valence-corrected chi connectivity index (χ1v) is 10.3. The Kier molecular flexibility index (Phi) is 8.58. The van der Waals surface area contributed by atoms with E-state index >= 15 is 0 Å². The molecule has 26 heavy (non-hydrogen) atoms. The molecule has 0 N–H and O–H groups in total. The molecule has 4 heteroatoms. The molecular formula is C22H36N4. The van der Waals surface area contributed by atoms with Crippen LogP contribution in [0.25, 0.3) is 0 Å². The fourth-order valence-corrected chi connectivity index (χ4v) is 4.22. The lowest BCUT2D eigenvalue weighted by atomic mass is 9.98. The Bertz CT molecular complexity index is 555. The molecule has 1 aromatic rings.